The van der Waals surface area contributed by atoms with Gasteiger partial charge < -0.3 is 21.3 Å². The average Bonchev–Trinajstić information content (AvgIpc) is 3.15. The van der Waals surface area contributed by atoms with E-state index in [4.69, 9.17) is 5.73 Å². The number of anilines is 2. The van der Waals surface area contributed by atoms with Crippen LogP contribution in [0.3, 0.4) is 0 Å². The number of nitrogens with two attached hydrogens (primary N) is 1. The molecule has 1 aromatic carbocycles. The van der Waals surface area contributed by atoms with Gasteiger partial charge in [0, 0.05) is 12.3 Å². The summed E-state index contributed by atoms with van der Waals surface area (Å²) >= 11 is 1.45. The number of fused-ring (bicyclic) bond motifs is 1. The van der Waals surface area contributed by atoms with Gasteiger partial charge in [0.2, 0.25) is 5.95 Å². The Morgan fingerprint density at radius 3 is 2.76 bits per heavy atom. The van der Waals surface area contributed by atoms with Gasteiger partial charge in [-0.05, 0) is 5.56 Å². The van der Waals surface area contributed by atoms with Crippen LogP contribution in [0.4, 0.5) is 11.8 Å². The van der Waals surface area contributed by atoms with Crippen LogP contribution in [0.5, 0.6) is 0 Å². The van der Waals surface area contributed by atoms with Gasteiger partial charge in [-0.2, -0.15) is 0 Å². The molecule has 1 saturated heterocycles. The Morgan fingerprint density at radius 2 is 2.04 bits per heavy atom. The third-order valence-corrected chi connectivity index (χ3v) is 5.54. The van der Waals surface area contributed by atoms with Gasteiger partial charge in [0.05, 0.1) is 6.10 Å². The van der Waals surface area contributed by atoms with Crippen LogP contribution in [0.1, 0.15) is 10.9 Å². The largest absolute Gasteiger partial charge is 0.389 e. The lowest BCUT2D eigenvalue weighted by Crippen LogP contribution is -2.28. The SMILES string of the molecule is Nc1ncnc2c1nc(NCc1ccccc1)n2[C@@H]1SC[C@@H](O)[C@H]1O. The zero-order chi connectivity index (χ0) is 17.4. The number of aromatic nitrogens is 4. The van der Waals surface area contributed by atoms with Gasteiger partial charge in [-0.15, -0.1) is 11.8 Å². The average molecular weight is 358 g/mol. The number of nitrogens with zero attached hydrogens (tertiary/aromatic N) is 4. The van der Waals surface area contributed by atoms with Crippen molar-refractivity contribution < 1.29 is 10.2 Å². The Kier molecular flexibility index (Phi) is 4.20. The van der Waals surface area contributed by atoms with Crippen LogP contribution in [0.25, 0.3) is 11.2 Å². The molecule has 3 heterocycles. The molecule has 0 unspecified atom stereocenters. The number of aliphatic hydroxyl groups is 2. The van der Waals surface area contributed by atoms with E-state index in [9.17, 15) is 10.2 Å². The third kappa shape index (κ3) is 2.90. The summed E-state index contributed by atoms with van der Waals surface area (Å²) in [5.41, 5.74) is 8.04. The van der Waals surface area contributed by atoms with Crippen LogP contribution in [0, 0.1) is 0 Å². The Labute approximate surface area is 148 Å². The van der Waals surface area contributed by atoms with E-state index in [0.717, 1.165) is 5.56 Å². The lowest BCUT2D eigenvalue weighted by molar-refractivity contribution is 0.0317. The summed E-state index contributed by atoms with van der Waals surface area (Å²) in [5.74, 6) is 1.27. The van der Waals surface area contributed by atoms with Crippen molar-refractivity contribution in [2.24, 2.45) is 0 Å². The Bertz CT molecular complexity index is 887. The van der Waals surface area contributed by atoms with Crippen LogP contribution >= 0.6 is 11.8 Å². The predicted molar refractivity (Wildman–Crippen MR) is 97.0 cm³/mol. The standard InChI is InChI=1S/C16H18N6O2S/c17-13-11-14(20-8-19-13)22(15-12(24)10(23)7-25-15)16(21-11)18-6-9-4-2-1-3-5-9/h1-5,8,10,12,15,23-24H,6-7H2,(H,18,21)(H2,17,19,20)/t10-,12-,15-/m1/s1. The highest BCUT2D eigenvalue weighted by Crippen LogP contribution is 2.40. The number of hydrogen-bond acceptors (Lipinski definition) is 8. The molecule has 0 spiro atoms. The Morgan fingerprint density at radius 1 is 1.24 bits per heavy atom. The van der Waals surface area contributed by atoms with Gasteiger partial charge in [-0.25, -0.2) is 15.0 Å². The zero-order valence-electron chi connectivity index (χ0n) is 13.3. The van der Waals surface area contributed by atoms with Gasteiger partial charge in [0.15, 0.2) is 17.0 Å². The van der Waals surface area contributed by atoms with E-state index in [2.05, 4.69) is 20.3 Å². The van der Waals surface area contributed by atoms with Gasteiger partial charge in [-0.3, -0.25) is 4.57 Å². The minimum atomic E-state index is -0.907. The first-order valence-corrected chi connectivity index (χ1v) is 8.94. The second-order valence-electron chi connectivity index (χ2n) is 5.86. The fraction of sp³-hybridized carbons (Fsp3) is 0.312. The molecule has 3 aromatic rings. The molecular formula is C16H18N6O2S. The number of aliphatic hydroxyl groups excluding tert-OH is 2. The van der Waals surface area contributed by atoms with E-state index in [-0.39, 0.29) is 5.82 Å². The summed E-state index contributed by atoms with van der Waals surface area (Å²) < 4.78 is 1.79. The van der Waals surface area contributed by atoms with Crippen molar-refractivity contribution in [2.75, 3.05) is 16.8 Å². The van der Waals surface area contributed by atoms with Gasteiger partial charge in [0.1, 0.15) is 17.8 Å². The molecule has 2 aromatic heterocycles. The maximum absolute atomic E-state index is 10.3. The molecule has 0 radical (unpaired) electrons. The topological polar surface area (TPSA) is 122 Å². The first-order valence-electron chi connectivity index (χ1n) is 7.89. The van der Waals surface area contributed by atoms with Gasteiger partial charge >= 0.3 is 0 Å². The molecule has 1 aliphatic rings. The quantitative estimate of drug-likeness (QED) is 0.545. The monoisotopic (exact) mass is 358 g/mol. The normalized spacial score (nSPS) is 23.2. The van der Waals surface area contributed by atoms with Crippen LogP contribution in [0.2, 0.25) is 0 Å². The molecule has 5 N–H and O–H groups in total. The van der Waals surface area contributed by atoms with Crippen LogP contribution in [-0.2, 0) is 6.54 Å². The van der Waals surface area contributed by atoms with E-state index in [1.807, 2.05) is 30.3 Å². The van der Waals surface area contributed by atoms with Crippen LogP contribution in [0.15, 0.2) is 36.7 Å². The number of imidazole rings is 1. The molecule has 8 nitrogen and oxygen atoms in total. The van der Waals surface area contributed by atoms with Crippen molar-refractivity contribution in [1.29, 1.82) is 0 Å². The minimum Gasteiger partial charge on any atom is -0.389 e. The van der Waals surface area contributed by atoms with Crippen LogP contribution in [-0.4, -0.2) is 47.7 Å². The third-order valence-electron chi connectivity index (χ3n) is 4.18. The maximum atomic E-state index is 10.3. The fourth-order valence-corrected chi connectivity index (χ4v) is 4.20. The summed E-state index contributed by atoms with van der Waals surface area (Å²) in [6.45, 7) is 0.563. The first-order chi connectivity index (χ1) is 12.1. The number of rotatable bonds is 4. The van der Waals surface area contributed by atoms with Gasteiger partial charge in [-0.1, -0.05) is 30.3 Å². The lowest BCUT2D eigenvalue weighted by Gasteiger charge is -2.20. The van der Waals surface area contributed by atoms with Crippen molar-refractivity contribution in [3.8, 4) is 0 Å². The summed E-state index contributed by atoms with van der Waals surface area (Å²) in [5, 5.41) is 23.1. The highest BCUT2D eigenvalue weighted by molar-refractivity contribution is 7.99. The van der Waals surface area contributed by atoms with Crippen molar-refractivity contribution in [3.63, 3.8) is 0 Å². The summed E-state index contributed by atoms with van der Waals surface area (Å²) in [6.07, 6.45) is -0.316. The molecule has 0 saturated carbocycles. The van der Waals surface area contributed by atoms with Gasteiger partial charge in [0.25, 0.3) is 0 Å². The maximum Gasteiger partial charge on any atom is 0.206 e. The second kappa shape index (κ2) is 6.51. The highest BCUT2D eigenvalue weighted by atomic mass is 32.2. The molecule has 25 heavy (non-hydrogen) atoms. The highest BCUT2D eigenvalue weighted by Gasteiger charge is 2.38. The Hall–Kier alpha value is -2.36. The van der Waals surface area contributed by atoms with Crippen molar-refractivity contribution in [3.05, 3.63) is 42.2 Å². The molecule has 1 fully saturated rings. The molecular weight excluding hydrogens is 340 g/mol. The molecule has 0 amide bonds. The second-order valence-corrected chi connectivity index (χ2v) is 7.01. The lowest BCUT2D eigenvalue weighted by atomic mass is 10.2. The molecule has 3 atom stereocenters. The van der Waals surface area contributed by atoms with Crippen molar-refractivity contribution in [1.82, 2.24) is 19.5 Å². The molecule has 130 valence electrons. The molecule has 1 aliphatic heterocycles. The van der Waals surface area contributed by atoms with E-state index in [1.54, 1.807) is 4.57 Å². The zero-order valence-corrected chi connectivity index (χ0v) is 14.1. The molecule has 0 bridgehead atoms. The number of hydrogen-bond donors (Lipinski definition) is 4. The summed E-state index contributed by atoms with van der Waals surface area (Å²) in [6, 6.07) is 9.92. The van der Waals surface area contributed by atoms with E-state index in [1.165, 1.54) is 18.1 Å². The molecule has 4 rings (SSSR count). The van der Waals surface area contributed by atoms with Crippen LogP contribution < -0.4 is 11.1 Å². The number of benzene rings is 1. The summed E-state index contributed by atoms with van der Waals surface area (Å²) in [7, 11) is 0. The predicted octanol–water partition coefficient (Wildman–Crippen LogP) is 0.988. The van der Waals surface area contributed by atoms with E-state index in [0.29, 0.717) is 29.4 Å². The minimum absolute atomic E-state index is 0.282. The smallest absolute Gasteiger partial charge is 0.206 e. The number of nitrogens with one attached hydrogen (secondary N) is 1. The fourth-order valence-electron chi connectivity index (χ4n) is 2.88. The number of thioether (sulfide) groups is 1. The van der Waals surface area contributed by atoms with Crippen molar-refractivity contribution >= 4 is 34.7 Å². The number of nitrogen functional groups attached to an aromatic ring is 1. The Balaban J connectivity index is 1.74. The van der Waals surface area contributed by atoms with Crippen molar-refractivity contribution in [2.45, 2.75) is 24.1 Å². The van der Waals surface area contributed by atoms with E-state index >= 15 is 0 Å². The molecule has 0 aliphatic carbocycles. The summed E-state index contributed by atoms with van der Waals surface area (Å²) in [4.78, 5) is 12.8. The first kappa shape index (κ1) is 16.1. The molecule has 9 heteroatoms. The van der Waals surface area contributed by atoms with E-state index < -0.39 is 17.6 Å².